The minimum absolute atomic E-state index is 0.0345. The first-order valence-corrected chi connectivity index (χ1v) is 8.10. The largest absolute Gasteiger partial charge is 0.395 e. The van der Waals surface area contributed by atoms with Crippen LogP contribution in [0.4, 0.5) is 0 Å². The van der Waals surface area contributed by atoms with Crippen molar-refractivity contribution in [2.45, 2.75) is 32.2 Å². The van der Waals surface area contributed by atoms with Crippen LogP contribution in [0, 0.1) is 22.7 Å². The number of nitrogens with zero attached hydrogens (tertiary/aromatic N) is 5. The number of aliphatic hydroxyl groups is 1. The molecule has 0 saturated carbocycles. The second kappa shape index (κ2) is 8.03. The van der Waals surface area contributed by atoms with Crippen LogP contribution < -0.4 is 0 Å². The molecule has 1 atom stereocenters. The first kappa shape index (κ1) is 16.6. The maximum atomic E-state index is 9.17. The number of hydrogen-bond donors (Lipinski definition) is 1. The van der Waals surface area contributed by atoms with E-state index < -0.39 is 0 Å². The van der Waals surface area contributed by atoms with Gasteiger partial charge >= 0.3 is 0 Å². The van der Waals surface area contributed by atoms with Gasteiger partial charge in [-0.05, 0) is 32.7 Å². The maximum Gasteiger partial charge on any atom is 0.169 e. The van der Waals surface area contributed by atoms with Crippen LogP contribution in [0.2, 0.25) is 0 Å². The van der Waals surface area contributed by atoms with Crippen molar-refractivity contribution in [2.24, 2.45) is 0 Å². The first-order chi connectivity index (χ1) is 10.7. The summed E-state index contributed by atoms with van der Waals surface area (Å²) in [6.07, 6.45) is 3.60. The van der Waals surface area contributed by atoms with Gasteiger partial charge in [-0.15, -0.1) is 0 Å². The van der Waals surface area contributed by atoms with Crippen molar-refractivity contribution >= 4 is 0 Å². The van der Waals surface area contributed by atoms with Crippen LogP contribution >= 0.6 is 0 Å². The van der Waals surface area contributed by atoms with Gasteiger partial charge in [-0.25, -0.2) is 0 Å². The minimum atomic E-state index is 0.0345. The summed E-state index contributed by atoms with van der Waals surface area (Å²) in [5, 5.41) is 27.5. The van der Waals surface area contributed by atoms with Crippen molar-refractivity contribution in [1.82, 2.24) is 14.7 Å². The summed E-state index contributed by atoms with van der Waals surface area (Å²) in [4.78, 5) is 6.58. The summed E-state index contributed by atoms with van der Waals surface area (Å²) in [6.45, 7) is 7.48. The third-order valence-corrected chi connectivity index (χ3v) is 4.62. The Morgan fingerprint density at radius 2 is 1.82 bits per heavy atom. The lowest BCUT2D eigenvalue weighted by Gasteiger charge is -2.26. The number of hydrogen-bond acceptors (Lipinski definition) is 6. The fourth-order valence-corrected chi connectivity index (χ4v) is 3.44. The van der Waals surface area contributed by atoms with E-state index in [1.807, 2.05) is 17.0 Å². The van der Waals surface area contributed by atoms with E-state index in [0.717, 1.165) is 32.6 Å². The monoisotopic (exact) mass is 303 g/mol. The minimum Gasteiger partial charge on any atom is -0.395 e. The second-order valence-electron chi connectivity index (χ2n) is 6.00. The first-order valence-electron chi connectivity index (χ1n) is 8.10. The van der Waals surface area contributed by atoms with Crippen LogP contribution in [-0.2, 0) is 0 Å². The Morgan fingerprint density at radius 3 is 2.36 bits per heavy atom. The van der Waals surface area contributed by atoms with Gasteiger partial charge in [0.25, 0.3) is 0 Å². The van der Waals surface area contributed by atoms with Gasteiger partial charge in [-0.2, -0.15) is 10.5 Å². The van der Waals surface area contributed by atoms with E-state index >= 15 is 0 Å². The normalized spacial score (nSPS) is 22.0. The Morgan fingerprint density at radius 1 is 1.14 bits per heavy atom. The Hall–Kier alpha value is -1.76. The number of allylic oxidation sites excluding steroid dienone is 1. The predicted molar refractivity (Wildman–Crippen MR) is 83.4 cm³/mol. The fraction of sp³-hybridized carbons (Fsp3) is 0.750. The lowest BCUT2D eigenvalue weighted by Crippen LogP contribution is -2.32. The molecular formula is C16H25N5O. The average Bonchev–Trinajstić information content (AvgIpc) is 3.09. The molecular weight excluding hydrogens is 278 g/mol. The second-order valence-corrected chi connectivity index (χ2v) is 6.00. The zero-order valence-corrected chi connectivity index (χ0v) is 13.3. The van der Waals surface area contributed by atoms with E-state index in [9.17, 15) is 0 Å². The van der Waals surface area contributed by atoms with E-state index in [0.29, 0.717) is 18.4 Å². The van der Waals surface area contributed by atoms with Gasteiger partial charge in [0.15, 0.2) is 5.57 Å². The summed E-state index contributed by atoms with van der Waals surface area (Å²) < 4.78 is 0. The summed E-state index contributed by atoms with van der Waals surface area (Å²) >= 11 is 0. The molecule has 2 saturated heterocycles. The molecule has 0 aromatic heterocycles. The van der Waals surface area contributed by atoms with Crippen molar-refractivity contribution in [3.63, 3.8) is 0 Å². The smallest absolute Gasteiger partial charge is 0.169 e. The molecule has 0 spiro atoms. The SMILES string of the molecule is C[C@@H]1CCCN1CCCN1CCN(CCO)C1=C(C#N)C#N. The number of aliphatic hydroxyl groups excluding tert-OH is 1. The molecule has 120 valence electrons. The summed E-state index contributed by atoms with van der Waals surface area (Å²) in [7, 11) is 0. The zero-order chi connectivity index (χ0) is 15.9. The average molecular weight is 303 g/mol. The van der Waals surface area contributed by atoms with Gasteiger partial charge in [0.05, 0.1) is 6.61 Å². The van der Waals surface area contributed by atoms with Crippen LogP contribution in [0.5, 0.6) is 0 Å². The van der Waals surface area contributed by atoms with E-state index in [1.54, 1.807) is 0 Å². The number of nitriles is 2. The molecule has 22 heavy (non-hydrogen) atoms. The maximum absolute atomic E-state index is 9.17. The van der Waals surface area contributed by atoms with Gasteiger partial charge in [-0.1, -0.05) is 0 Å². The van der Waals surface area contributed by atoms with Crippen molar-refractivity contribution in [2.75, 3.05) is 45.9 Å². The molecule has 0 aromatic carbocycles. The molecule has 2 fully saturated rings. The molecule has 2 heterocycles. The molecule has 2 aliphatic heterocycles. The summed E-state index contributed by atoms with van der Waals surface area (Å²) in [5.74, 6) is 0.702. The summed E-state index contributed by atoms with van der Waals surface area (Å²) in [5.41, 5.74) is 0.153. The molecule has 0 radical (unpaired) electrons. The van der Waals surface area contributed by atoms with Crippen LogP contribution in [0.15, 0.2) is 11.4 Å². The molecule has 0 bridgehead atoms. The quantitative estimate of drug-likeness (QED) is 0.729. The van der Waals surface area contributed by atoms with Crippen molar-refractivity contribution < 1.29 is 5.11 Å². The zero-order valence-electron chi connectivity index (χ0n) is 13.3. The highest BCUT2D eigenvalue weighted by molar-refractivity contribution is 5.40. The van der Waals surface area contributed by atoms with Crippen LogP contribution in [0.3, 0.4) is 0 Å². The van der Waals surface area contributed by atoms with E-state index in [1.165, 1.54) is 19.4 Å². The Bertz CT molecular complexity index is 474. The van der Waals surface area contributed by atoms with E-state index in [2.05, 4.69) is 16.7 Å². The third kappa shape index (κ3) is 3.71. The van der Waals surface area contributed by atoms with E-state index in [-0.39, 0.29) is 12.2 Å². The van der Waals surface area contributed by atoms with Gasteiger partial charge in [0, 0.05) is 38.8 Å². The molecule has 6 heteroatoms. The number of rotatable bonds is 6. The molecule has 2 rings (SSSR count). The number of β-amino-alcohol motifs (C(OH)–C–C–N with tert-alkyl or cyclic N) is 1. The van der Waals surface area contributed by atoms with Crippen molar-refractivity contribution in [3.8, 4) is 12.1 Å². The fourth-order valence-electron chi connectivity index (χ4n) is 3.44. The standard InChI is InChI=1S/C16H25N5O/c1-14-4-2-5-19(14)6-3-7-20-8-9-21(10-11-22)16(20)15(12-17)13-18/h14,22H,2-11H2,1H3/t14-/m1/s1. The lowest BCUT2D eigenvalue weighted by molar-refractivity contribution is 0.225. The topological polar surface area (TPSA) is 77.5 Å². The molecule has 1 N–H and O–H groups in total. The lowest BCUT2D eigenvalue weighted by atomic mass is 10.2. The van der Waals surface area contributed by atoms with Gasteiger partial charge < -0.3 is 19.8 Å². The van der Waals surface area contributed by atoms with Crippen molar-refractivity contribution in [3.05, 3.63) is 11.4 Å². The van der Waals surface area contributed by atoms with Gasteiger partial charge in [0.2, 0.25) is 0 Å². The highest BCUT2D eigenvalue weighted by Gasteiger charge is 2.28. The number of likely N-dealkylation sites (tertiary alicyclic amines) is 1. The Kier molecular flexibility index (Phi) is 6.06. The molecule has 0 amide bonds. The van der Waals surface area contributed by atoms with E-state index in [4.69, 9.17) is 15.6 Å². The Labute approximate surface area is 132 Å². The van der Waals surface area contributed by atoms with Gasteiger partial charge in [-0.3, -0.25) is 0 Å². The molecule has 2 aliphatic rings. The highest BCUT2D eigenvalue weighted by Crippen LogP contribution is 2.22. The predicted octanol–water partition coefficient (Wildman–Crippen LogP) is 0.729. The van der Waals surface area contributed by atoms with Crippen molar-refractivity contribution in [1.29, 1.82) is 10.5 Å². The summed E-state index contributed by atoms with van der Waals surface area (Å²) in [6, 6.07) is 4.66. The highest BCUT2D eigenvalue weighted by atomic mass is 16.3. The van der Waals surface area contributed by atoms with Gasteiger partial charge in [0.1, 0.15) is 18.0 Å². The van der Waals surface area contributed by atoms with Crippen LogP contribution in [-0.4, -0.2) is 71.7 Å². The molecule has 6 nitrogen and oxygen atoms in total. The van der Waals surface area contributed by atoms with Crippen LogP contribution in [0.25, 0.3) is 0 Å². The third-order valence-electron chi connectivity index (χ3n) is 4.62. The Balaban J connectivity index is 1.96. The molecule has 0 aliphatic carbocycles. The molecule has 0 aromatic rings. The molecule has 0 unspecified atom stereocenters. The van der Waals surface area contributed by atoms with Crippen LogP contribution in [0.1, 0.15) is 26.2 Å².